The van der Waals surface area contributed by atoms with Crippen molar-refractivity contribution in [2.75, 3.05) is 0 Å². The molecule has 0 saturated carbocycles. The largest absolute Gasteiger partial charge is 0.508 e. The molecule has 0 spiro atoms. The monoisotopic (exact) mass is 264 g/mol. The molecule has 1 heterocycles. The summed E-state index contributed by atoms with van der Waals surface area (Å²) in [4.78, 5) is 0. The van der Waals surface area contributed by atoms with Gasteiger partial charge in [-0.05, 0) is 29.8 Å². The fourth-order valence-corrected chi connectivity index (χ4v) is 1.78. The van der Waals surface area contributed by atoms with Crippen molar-refractivity contribution in [3.8, 4) is 17.1 Å². The molecule has 5 heteroatoms. The fraction of sp³-hybridized carbons (Fsp3) is 0. The Hall–Kier alpha value is -2.95. The highest BCUT2D eigenvalue weighted by Crippen LogP contribution is 2.15. The van der Waals surface area contributed by atoms with Crippen LogP contribution in [0.15, 0.2) is 66.0 Å². The van der Waals surface area contributed by atoms with Crippen molar-refractivity contribution in [2.24, 2.45) is 5.10 Å². The molecule has 3 aromatic rings. The number of phenols is 1. The summed E-state index contributed by atoms with van der Waals surface area (Å²) in [5.74, 6) is 0.914. The molecule has 3 rings (SSSR count). The number of benzene rings is 2. The summed E-state index contributed by atoms with van der Waals surface area (Å²) in [6, 6.07) is 16.5. The third-order valence-electron chi connectivity index (χ3n) is 2.79. The second kappa shape index (κ2) is 5.36. The zero-order valence-electron chi connectivity index (χ0n) is 10.6. The summed E-state index contributed by atoms with van der Waals surface area (Å²) >= 11 is 0. The van der Waals surface area contributed by atoms with Crippen LogP contribution in [0.2, 0.25) is 0 Å². The smallest absolute Gasteiger partial charge is 0.184 e. The third kappa shape index (κ3) is 2.56. The van der Waals surface area contributed by atoms with Gasteiger partial charge in [-0.1, -0.05) is 30.3 Å². The normalized spacial score (nSPS) is 11.0. The van der Waals surface area contributed by atoms with E-state index in [1.165, 1.54) is 0 Å². The molecule has 0 radical (unpaired) electrons. The summed E-state index contributed by atoms with van der Waals surface area (Å²) in [7, 11) is 0. The highest BCUT2D eigenvalue weighted by Gasteiger charge is 2.04. The van der Waals surface area contributed by atoms with Crippen LogP contribution in [0.3, 0.4) is 0 Å². The summed E-state index contributed by atoms with van der Waals surface area (Å²) in [6.45, 7) is 0. The van der Waals surface area contributed by atoms with Gasteiger partial charge in [0, 0.05) is 5.56 Å². The van der Waals surface area contributed by atoms with E-state index in [1.807, 2.05) is 30.3 Å². The second-order valence-electron chi connectivity index (χ2n) is 4.20. The van der Waals surface area contributed by atoms with Crippen molar-refractivity contribution in [3.05, 3.63) is 66.5 Å². The Bertz CT molecular complexity index is 717. The van der Waals surface area contributed by atoms with E-state index in [-0.39, 0.29) is 5.75 Å². The van der Waals surface area contributed by atoms with Crippen LogP contribution in [-0.4, -0.2) is 26.2 Å². The van der Waals surface area contributed by atoms with Gasteiger partial charge in [-0.15, -0.1) is 10.2 Å². The lowest BCUT2D eigenvalue weighted by Crippen LogP contribution is -1.93. The van der Waals surface area contributed by atoms with E-state index in [4.69, 9.17) is 0 Å². The predicted molar refractivity (Wildman–Crippen MR) is 76.6 cm³/mol. The lowest BCUT2D eigenvalue weighted by Gasteiger charge is -2.00. The Morgan fingerprint density at radius 1 is 1.00 bits per heavy atom. The van der Waals surface area contributed by atoms with Crippen LogP contribution in [0.1, 0.15) is 5.56 Å². The predicted octanol–water partition coefficient (Wildman–Crippen LogP) is 2.53. The maximum Gasteiger partial charge on any atom is 0.184 e. The van der Waals surface area contributed by atoms with Gasteiger partial charge in [0.1, 0.15) is 12.1 Å². The van der Waals surface area contributed by atoms with Gasteiger partial charge in [-0.25, -0.2) is 0 Å². The second-order valence-corrected chi connectivity index (χ2v) is 4.20. The van der Waals surface area contributed by atoms with Crippen LogP contribution in [0, 0.1) is 0 Å². The van der Waals surface area contributed by atoms with Crippen molar-refractivity contribution < 1.29 is 5.11 Å². The first kappa shape index (κ1) is 12.1. The number of hydrogen-bond donors (Lipinski definition) is 1. The molecule has 0 saturated heterocycles. The van der Waals surface area contributed by atoms with Gasteiger partial charge >= 0.3 is 0 Å². The molecule has 98 valence electrons. The van der Waals surface area contributed by atoms with E-state index in [1.54, 1.807) is 41.5 Å². The maximum absolute atomic E-state index is 9.23. The number of rotatable bonds is 3. The third-order valence-corrected chi connectivity index (χ3v) is 2.79. The SMILES string of the molecule is Oc1ccc(/C=N/n2cnnc2-c2ccccc2)cc1. The topological polar surface area (TPSA) is 63.3 Å². The Morgan fingerprint density at radius 2 is 1.75 bits per heavy atom. The molecular weight excluding hydrogens is 252 g/mol. The van der Waals surface area contributed by atoms with Crippen molar-refractivity contribution in [1.82, 2.24) is 14.9 Å². The quantitative estimate of drug-likeness (QED) is 0.739. The minimum absolute atomic E-state index is 0.233. The first-order chi connectivity index (χ1) is 9.83. The maximum atomic E-state index is 9.23. The van der Waals surface area contributed by atoms with Gasteiger partial charge in [0.15, 0.2) is 5.82 Å². The minimum atomic E-state index is 0.233. The van der Waals surface area contributed by atoms with Gasteiger partial charge in [0.05, 0.1) is 6.21 Å². The zero-order valence-corrected chi connectivity index (χ0v) is 10.6. The average Bonchev–Trinajstić information content (AvgIpc) is 2.96. The lowest BCUT2D eigenvalue weighted by atomic mass is 10.2. The van der Waals surface area contributed by atoms with Crippen LogP contribution < -0.4 is 0 Å². The van der Waals surface area contributed by atoms with Crippen LogP contribution in [0.5, 0.6) is 5.75 Å². The van der Waals surface area contributed by atoms with E-state index in [2.05, 4.69) is 15.3 Å². The summed E-state index contributed by atoms with van der Waals surface area (Å²) in [5.41, 5.74) is 1.84. The Morgan fingerprint density at radius 3 is 2.50 bits per heavy atom. The summed E-state index contributed by atoms with van der Waals surface area (Å²) in [5, 5.41) is 21.5. The minimum Gasteiger partial charge on any atom is -0.508 e. The molecule has 0 amide bonds. The van der Waals surface area contributed by atoms with Crippen molar-refractivity contribution in [3.63, 3.8) is 0 Å². The molecule has 5 nitrogen and oxygen atoms in total. The molecular formula is C15H12N4O. The molecule has 0 aliphatic rings. The highest BCUT2D eigenvalue weighted by molar-refractivity contribution is 5.79. The number of phenolic OH excluding ortho intramolecular Hbond substituents is 1. The Kier molecular flexibility index (Phi) is 3.24. The molecule has 20 heavy (non-hydrogen) atoms. The number of nitrogens with zero attached hydrogens (tertiary/aromatic N) is 4. The molecule has 0 bridgehead atoms. The average molecular weight is 264 g/mol. The standard InChI is InChI=1S/C15H12N4O/c20-14-8-6-12(7-9-14)10-17-19-11-16-18-15(19)13-4-2-1-3-5-13/h1-11,20H/b17-10+. The van der Waals surface area contributed by atoms with Gasteiger partial charge in [-0.2, -0.15) is 9.78 Å². The van der Waals surface area contributed by atoms with Crippen molar-refractivity contribution >= 4 is 6.21 Å². The lowest BCUT2D eigenvalue weighted by molar-refractivity contribution is 0.475. The van der Waals surface area contributed by atoms with E-state index < -0.39 is 0 Å². The van der Waals surface area contributed by atoms with Crippen molar-refractivity contribution in [2.45, 2.75) is 0 Å². The summed E-state index contributed by atoms with van der Waals surface area (Å²) < 4.78 is 1.61. The van der Waals surface area contributed by atoms with Crippen LogP contribution in [-0.2, 0) is 0 Å². The first-order valence-electron chi connectivity index (χ1n) is 6.12. The molecule has 2 aromatic carbocycles. The van der Waals surface area contributed by atoms with E-state index >= 15 is 0 Å². The van der Waals surface area contributed by atoms with Gasteiger partial charge in [0.2, 0.25) is 0 Å². The van der Waals surface area contributed by atoms with Crippen LogP contribution >= 0.6 is 0 Å². The molecule has 0 aliphatic heterocycles. The van der Waals surface area contributed by atoms with Gasteiger partial charge in [0.25, 0.3) is 0 Å². The van der Waals surface area contributed by atoms with Gasteiger partial charge < -0.3 is 5.11 Å². The van der Waals surface area contributed by atoms with Gasteiger partial charge in [-0.3, -0.25) is 0 Å². The number of hydrogen-bond acceptors (Lipinski definition) is 4. The molecule has 0 aliphatic carbocycles. The molecule has 1 aromatic heterocycles. The first-order valence-corrected chi connectivity index (χ1v) is 6.12. The highest BCUT2D eigenvalue weighted by atomic mass is 16.3. The number of aromatic nitrogens is 3. The van der Waals surface area contributed by atoms with Crippen LogP contribution in [0.4, 0.5) is 0 Å². The van der Waals surface area contributed by atoms with E-state index in [0.29, 0.717) is 5.82 Å². The van der Waals surface area contributed by atoms with E-state index in [0.717, 1.165) is 11.1 Å². The van der Waals surface area contributed by atoms with Crippen molar-refractivity contribution in [1.29, 1.82) is 0 Å². The molecule has 0 unspecified atom stereocenters. The Balaban J connectivity index is 1.89. The molecule has 1 N–H and O–H groups in total. The Labute approximate surface area is 115 Å². The zero-order chi connectivity index (χ0) is 13.8. The summed E-state index contributed by atoms with van der Waals surface area (Å²) in [6.07, 6.45) is 3.24. The van der Waals surface area contributed by atoms with Crippen LogP contribution in [0.25, 0.3) is 11.4 Å². The number of aromatic hydroxyl groups is 1. The fourth-order valence-electron chi connectivity index (χ4n) is 1.78. The molecule has 0 fully saturated rings. The molecule has 0 atom stereocenters. The van der Waals surface area contributed by atoms with E-state index in [9.17, 15) is 5.11 Å².